The Morgan fingerprint density at radius 3 is 2.15 bits per heavy atom. The van der Waals surface area contributed by atoms with Gasteiger partial charge in [0.1, 0.15) is 0 Å². The maximum absolute atomic E-state index is 13.5. The van der Waals surface area contributed by atoms with E-state index in [1.165, 1.54) is 7.11 Å². The highest BCUT2D eigenvalue weighted by Gasteiger charge is 2.45. The van der Waals surface area contributed by atoms with E-state index < -0.39 is 7.94 Å². The first-order chi connectivity index (χ1) is 13.2. The zero-order valence-electron chi connectivity index (χ0n) is 14.8. The molecule has 0 radical (unpaired) electrons. The van der Waals surface area contributed by atoms with Gasteiger partial charge in [-0.25, -0.2) is 0 Å². The third-order valence-corrected chi connectivity index (χ3v) is 6.23. The Labute approximate surface area is 159 Å². The predicted molar refractivity (Wildman–Crippen MR) is 108 cm³/mol. The van der Waals surface area contributed by atoms with Crippen LogP contribution in [0.3, 0.4) is 0 Å². The second kappa shape index (κ2) is 7.39. The van der Waals surface area contributed by atoms with Gasteiger partial charge in [-0.3, -0.25) is 0 Å². The van der Waals surface area contributed by atoms with Crippen LogP contribution in [-0.2, 0) is 4.52 Å². The average Bonchev–Trinajstić information content (AvgIpc) is 2.73. The number of hydrogen-bond acceptors (Lipinski definition) is 3. The number of rotatable bonds is 2. The Balaban J connectivity index is 2.00. The van der Waals surface area contributed by atoms with Gasteiger partial charge >= 0.3 is 7.94 Å². The molecular formula is C23H17O3P. The first-order valence-corrected chi connectivity index (χ1v) is 10.1. The molecule has 1 aliphatic heterocycles. The molecule has 3 aromatic rings. The van der Waals surface area contributed by atoms with Crippen LogP contribution in [0.2, 0.25) is 0 Å². The van der Waals surface area contributed by atoms with Gasteiger partial charge in [0.2, 0.25) is 0 Å². The lowest BCUT2D eigenvalue weighted by Crippen LogP contribution is -2.22. The molecule has 1 atom stereocenters. The molecule has 3 nitrogen and oxygen atoms in total. The molecule has 0 aromatic heterocycles. The summed E-state index contributed by atoms with van der Waals surface area (Å²) in [7, 11) is -2.16. The topological polar surface area (TPSA) is 41.5 Å². The number of hydrogen-bond donors (Lipinski definition) is 0. The van der Waals surface area contributed by atoms with Gasteiger partial charge in [-0.15, -0.1) is 0 Å². The molecule has 132 valence electrons. The average molecular weight is 372 g/mol. The Morgan fingerprint density at radius 2 is 1.44 bits per heavy atom. The summed E-state index contributed by atoms with van der Waals surface area (Å²) in [5.74, 6) is 6.92. The fraction of sp³-hybridized carbons (Fsp3) is 0.0435. The lowest BCUT2D eigenvalue weighted by atomic mass is 10.0. The van der Waals surface area contributed by atoms with Gasteiger partial charge in [0.15, 0.2) is 11.1 Å². The zero-order valence-corrected chi connectivity index (χ0v) is 15.6. The molecular weight excluding hydrogens is 355 g/mol. The van der Waals surface area contributed by atoms with E-state index in [4.69, 9.17) is 9.05 Å². The highest BCUT2D eigenvalue weighted by atomic mass is 31.2. The fourth-order valence-corrected chi connectivity index (χ4v) is 4.68. The minimum absolute atomic E-state index is 0.493. The van der Waals surface area contributed by atoms with E-state index in [1.54, 1.807) is 6.07 Å². The smallest absolute Gasteiger partial charge is 0.319 e. The number of fused-ring (bicyclic) bond motifs is 1. The Morgan fingerprint density at radius 1 is 0.815 bits per heavy atom. The van der Waals surface area contributed by atoms with Crippen LogP contribution in [0.4, 0.5) is 0 Å². The van der Waals surface area contributed by atoms with Crippen molar-refractivity contribution < 1.29 is 13.9 Å². The van der Waals surface area contributed by atoms with Crippen molar-refractivity contribution in [3.05, 3.63) is 102 Å². The third-order valence-electron chi connectivity index (χ3n) is 4.28. The summed E-state index contributed by atoms with van der Waals surface area (Å²) in [5, 5.41) is 0.493. The lowest BCUT2D eigenvalue weighted by molar-refractivity contribution is -0.203. The first-order valence-electron chi connectivity index (χ1n) is 8.53. The largest absolute Gasteiger partial charge is 0.620 e. The number of para-hydroxylation sites is 1. The van der Waals surface area contributed by atoms with Crippen LogP contribution in [-0.4, -0.2) is 7.11 Å². The standard InChI is InChI=1S/C23H17O3P/c1-25-27(24)23(19-12-6-3-7-13-19)21(17-16-18-10-4-2-5-11-18)20-14-8-9-15-22(20)26-27/h2-15H,1H3. The van der Waals surface area contributed by atoms with Gasteiger partial charge in [0, 0.05) is 16.7 Å². The molecule has 0 amide bonds. The van der Waals surface area contributed by atoms with Crippen LogP contribution < -0.4 is 9.42 Å². The zero-order chi connectivity index (χ0) is 18.7. The second-order valence-electron chi connectivity index (χ2n) is 5.97. The molecule has 27 heavy (non-hydrogen) atoms. The summed E-state index contributed by atoms with van der Waals surface area (Å²) in [6.45, 7) is 0. The normalized spacial score (nSPS) is 18.1. The molecule has 0 fully saturated rings. The minimum Gasteiger partial charge on any atom is -0.620 e. The fourth-order valence-electron chi connectivity index (χ4n) is 3.00. The lowest BCUT2D eigenvalue weighted by Gasteiger charge is -2.33. The van der Waals surface area contributed by atoms with Crippen LogP contribution in [0.25, 0.3) is 10.9 Å². The van der Waals surface area contributed by atoms with Gasteiger partial charge in [-0.2, -0.15) is 4.52 Å². The molecule has 0 spiro atoms. The molecule has 0 saturated heterocycles. The summed E-state index contributed by atoms with van der Waals surface area (Å²) >= 11 is 0. The number of benzene rings is 3. The maximum Gasteiger partial charge on any atom is 0.319 e. The van der Waals surface area contributed by atoms with Gasteiger partial charge in [0.25, 0.3) is 0 Å². The van der Waals surface area contributed by atoms with Crippen molar-refractivity contribution in [3.63, 3.8) is 0 Å². The molecule has 1 heterocycles. The van der Waals surface area contributed by atoms with Crippen molar-refractivity contribution in [1.29, 1.82) is 0 Å². The van der Waals surface area contributed by atoms with Crippen molar-refractivity contribution in [2.45, 2.75) is 0 Å². The Hall–Kier alpha value is -2.89. The Bertz CT molecular complexity index is 1050. The molecule has 4 rings (SSSR count). The van der Waals surface area contributed by atoms with Gasteiger partial charge in [0.05, 0.1) is 12.7 Å². The number of allylic oxidation sites excluding steroid dienone is 1. The van der Waals surface area contributed by atoms with Crippen LogP contribution in [0.1, 0.15) is 16.7 Å². The molecule has 3 aromatic carbocycles. The molecule has 0 N–H and O–H groups in total. The summed E-state index contributed by atoms with van der Waals surface area (Å²) in [6, 6.07) is 26.7. The minimum atomic E-state index is -3.56. The molecule has 0 saturated carbocycles. The Kier molecular flexibility index (Phi) is 4.79. The summed E-state index contributed by atoms with van der Waals surface area (Å²) < 4.78 is 11.2. The van der Waals surface area contributed by atoms with Crippen molar-refractivity contribution in [3.8, 4) is 17.6 Å². The van der Waals surface area contributed by atoms with E-state index >= 15 is 0 Å². The van der Waals surface area contributed by atoms with Gasteiger partial charge < -0.3 is 9.42 Å². The summed E-state index contributed by atoms with van der Waals surface area (Å²) in [5.41, 5.74) is 3.13. The van der Waals surface area contributed by atoms with Crippen molar-refractivity contribution >= 4 is 18.8 Å². The van der Waals surface area contributed by atoms with Crippen molar-refractivity contribution in [2.75, 3.05) is 7.11 Å². The molecule has 4 heteroatoms. The summed E-state index contributed by atoms with van der Waals surface area (Å²) in [6.07, 6.45) is 0. The SMILES string of the molecule is CO[P+]1([O-])Oc2ccccc2C(C#Cc2ccccc2)=C1c1ccccc1. The third kappa shape index (κ3) is 3.39. The van der Waals surface area contributed by atoms with Crippen LogP contribution in [0.15, 0.2) is 84.9 Å². The van der Waals surface area contributed by atoms with E-state index in [1.807, 2.05) is 78.9 Å². The predicted octanol–water partition coefficient (Wildman–Crippen LogP) is 4.77. The summed E-state index contributed by atoms with van der Waals surface area (Å²) in [4.78, 5) is 13.5. The van der Waals surface area contributed by atoms with E-state index in [2.05, 4.69) is 11.8 Å². The van der Waals surface area contributed by atoms with Crippen molar-refractivity contribution in [1.82, 2.24) is 0 Å². The highest BCUT2D eigenvalue weighted by Crippen LogP contribution is 2.68. The van der Waals surface area contributed by atoms with E-state index in [0.717, 1.165) is 16.7 Å². The van der Waals surface area contributed by atoms with E-state index in [0.29, 0.717) is 16.6 Å². The van der Waals surface area contributed by atoms with Crippen molar-refractivity contribution in [2.24, 2.45) is 0 Å². The molecule has 1 aliphatic rings. The van der Waals surface area contributed by atoms with Crippen LogP contribution in [0, 0.1) is 11.8 Å². The molecule has 1 unspecified atom stereocenters. The second-order valence-corrected chi connectivity index (χ2v) is 7.96. The first kappa shape index (κ1) is 17.5. The van der Waals surface area contributed by atoms with Gasteiger partial charge in [-0.1, -0.05) is 72.5 Å². The maximum atomic E-state index is 13.5. The molecule has 0 bridgehead atoms. The quantitative estimate of drug-likeness (QED) is 0.481. The molecule has 0 aliphatic carbocycles. The monoisotopic (exact) mass is 372 g/mol. The van der Waals surface area contributed by atoms with Crippen LogP contribution in [0.5, 0.6) is 5.75 Å². The van der Waals surface area contributed by atoms with E-state index in [-0.39, 0.29) is 0 Å². The van der Waals surface area contributed by atoms with Gasteiger partial charge in [-0.05, 0) is 24.3 Å². The highest BCUT2D eigenvalue weighted by molar-refractivity contribution is 7.71. The van der Waals surface area contributed by atoms with E-state index in [9.17, 15) is 4.89 Å². The van der Waals surface area contributed by atoms with Crippen LogP contribution >= 0.6 is 7.94 Å².